The largest absolute Gasteiger partial charge is 0.381 e. The topological polar surface area (TPSA) is 127 Å². The number of hydrogen-bond donors (Lipinski definition) is 3. The number of amides is 2. The second-order valence-electron chi connectivity index (χ2n) is 9.83. The minimum absolute atomic E-state index is 0.0285. The Morgan fingerprint density at radius 3 is 2.65 bits per heavy atom. The third-order valence-corrected chi connectivity index (χ3v) is 7.53. The summed E-state index contributed by atoms with van der Waals surface area (Å²) in [6.07, 6.45) is 4.96. The lowest BCUT2D eigenvalue weighted by Crippen LogP contribution is -2.44. The molecule has 0 spiro atoms. The number of ether oxygens (including phenoxy) is 1. The van der Waals surface area contributed by atoms with Crippen LogP contribution in [0, 0.1) is 19.8 Å². The molecule has 40 heavy (non-hydrogen) atoms. The van der Waals surface area contributed by atoms with Crippen molar-refractivity contribution in [2.45, 2.75) is 76.2 Å². The van der Waals surface area contributed by atoms with Gasteiger partial charge < -0.3 is 15.4 Å². The van der Waals surface area contributed by atoms with Crippen molar-refractivity contribution < 1.29 is 18.7 Å². The zero-order valence-corrected chi connectivity index (χ0v) is 24.3. The van der Waals surface area contributed by atoms with Crippen molar-refractivity contribution in [1.82, 2.24) is 30.3 Å². The number of carbonyl (C=O) groups excluding carboxylic acids is 2. The molecule has 216 valence electrons. The maximum atomic E-state index is 15.1. The van der Waals surface area contributed by atoms with Crippen LogP contribution in [0.4, 0.5) is 10.2 Å². The summed E-state index contributed by atoms with van der Waals surface area (Å²) in [7, 11) is 0. The number of nitrogens with zero attached hydrogens (tertiary/aromatic N) is 4. The molecule has 3 N–H and O–H groups in total. The molecule has 0 unspecified atom stereocenters. The highest BCUT2D eigenvalue weighted by Crippen LogP contribution is 2.29. The lowest BCUT2D eigenvalue weighted by atomic mass is 10.0. The SMILES string of the molecule is CCc1n[nH]c(C)c1-c1ccc(NC(=O)[C@H](CCCC(Cl)Cl)NC(=O)c2cnn(C3CCOCC3)c2C)nc1F. The highest BCUT2D eigenvalue weighted by Gasteiger charge is 2.26. The van der Waals surface area contributed by atoms with E-state index in [1.807, 2.05) is 25.5 Å². The fourth-order valence-electron chi connectivity index (χ4n) is 4.92. The molecule has 1 aliphatic rings. The number of hydrogen-bond acceptors (Lipinski definition) is 6. The normalized spacial score (nSPS) is 14.9. The van der Waals surface area contributed by atoms with Crippen LogP contribution in [0.3, 0.4) is 0 Å². The maximum absolute atomic E-state index is 15.1. The number of aromatic nitrogens is 5. The lowest BCUT2D eigenvalue weighted by Gasteiger charge is -2.23. The fourth-order valence-corrected chi connectivity index (χ4v) is 5.23. The van der Waals surface area contributed by atoms with Crippen molar-refractivity contribution >= 4 is 40.8 Å². The molecular weight excluding hydrogens is 560 g/mol. The van der Waals surface area contributed by atoms with Gasteiger partial charge in [0.05, 0.1) is 23.5 Å². The molecule has 0 saturated carbocycles. The van der Waals surface area contributed by atoms with Gasteiger partial charge in [0.1, 0.15) is 16.7 Å². The number of alkyl halides is 2. The minimum Gasteiger partial charge on any atom is -0.381 e. The van der Waals surface area contributed by atoms with E-state index in [4.69, 9.17) is 27.9 Å². The Hall–Kier alpha value is -3.02. The molecule has 0 aliphatic carbocycles. The molecule has 1 aliphatic heterocycles. The average molecular weight is 595 g/mol. The molecular formula is C27H34Cl2FN7O3. The predicted octanol–water partition coefficient (Wildman–Crippen LogP) is 5.05. The molecule has 0 radical (unpaired) electrons. The first-order chi connectivity index (χ1) is 19.2. The molecule has 10 nitrogen and oxygen atoms in total. The summed E-state index contributed by atoms with van der Waals surface area (Å²) in [4.78, 5) is 29.9. The summed E-state index contributed by atoms with van der Waals surface area (Å²) in [5, 5.41) is 17.0. The summed E-state index contributed by atoms with van der Waals surface area (Å²) < 4.78 is 22.3. The van der Waals surface area contributed by atoms with Crippen LogP contribution in [0.15, 0.2) is 18.3 Å². The Labute approximate surface area is 242 Å². The third-order valence-electron chi connectivity index (χ3n) is 7.09. The molecule has 1 fully saturated rings. The van der Waals surface area contributed by atoms with Crippen molar-refractivity contribution in [3.05, 3.63) is 46.9 Å². The highest BCUT2D eigenvalue weighted by molar-refractivity contribution is 6.44. The van der Waals surface area contributed by atoms with Crippen LogP contribution < -0.4 is 10.6 Å². The minimum atomic E-state index is -0.933. The standard InChI is InChI=1S/C27H34Cl2FN7O3/c1-4-20-24(15(2)35-36-20)18-8-9-23(33-25(18)30)34-27(39)21(6-5-7-22(28)29)32-26(38)19-14-31-37(16(19)3)17-10-12-40-13-11-17/h8-9,14,17,21-22H,4-7,10-13H2,1-3H3,(H,32,38)(H,35,36)(H,33,34,39)/t21-/m0/s1. The number of nitrogens with one attached hydrogen (secondary N) is 3. The van der Waals surface area contributed by atoms with Gasteiger partial charge in [0.15, 0.2) is 0 Å². The zero-order valence-electron chi connectivity index (χ0n) is 22.8. The van der Waals surface area contributed by atoms with Crippen molar-refractivity contribution in [2.75, 3.05) is 18.5 Å². The maximum Gasteiger partial charge on any atom is 0.255 e. The number of pyridine rings is 1. The van der Waals surface area contributed by atoms with Crippen molar-refractivity contribution in [1.29, 1.82) is 0 Å². The predicted molar refractivity (Wildman–Crippen MR) is 151 cm³/mol. The third kappa shape index (κ3) is 7.00. The molecule has 1 saturated heterocycles. The number of halogens is 3. The zero-order chi connectivity index (χ0) is 28.8. The van der Waals surface area contributed by atoms with Gasteiger partial charge in [-0.05, 0) is 64.5 Å². The number of rotatable bonds is 11. The van der Waals surface area contributed by atoms with E-state index < -0.39 is 28.6 Å². The van der Waals surface area contributed by atoms with Gasteiger partial charge in [-0.15, -0.1) is 23.2 Å². The van der Waals surface area contributed by atoms with Gasteiger partial charge in [-0.2, -0.15) is 14.6 Å². The van der Waals surface area contributed by atoms with E-state index in [0.29, 0.717) is 54.9 Å². The number of aromatic amines is 1. The van der Waals surface area contributed by atoms with Crippen LogP contribution >= 0.6 is 23.2 Å². The number of carbonyl (C=O) groups is 2. The molecule has 0 bridgehead atoms. The van der Waals surface area contributed by atoms with Crippen molar-refractivity contribution in [3.8, 4) is 11.1 Å². The Morgan fingerprint density at radius 1 is 1.23 bits per heavy atom. The van der Waals surface area contributed by atoms with Crippen molar-refractivity contribution in [3.63, 3.8) is 0 Å². The van der Waals surface area contributed by atoms with Gasteiger partial charge in [-0.25, -0.2) is 4.98 Å². The number of aryl methyl sites for hydroxylation is 2. The van der Waals surface area contributed by atoms with Gasteiger partial charge in [0, 0.05) is 35.7 Å². The average Bonchev–Trinajstić information content (AvgIpc) is 3.50. The van der Waals surface area contributed by atoms with Crippen molar-refractivity contribution in [2.24, 2.45) is 0 Å². The van der Waals surface area contributed by atoms with Crippen LogP contribution in [0.1, 0.15) is 72.5 Å². The second kappa shape index (κ2) is 13.6. The molecule has 2 amide bonds. The number of H-pyrrole nitrogens is 1. The summed E-state index contributed by atoms with van der Waals surface area (Å²) in [6, 6.07) is 2.30. The first-order valence-corrected chi connectivity index (χ1v) is 14.3. The van der Waals surface area contributed by atoms with Crippen LogP contribution in [0.25, 0.3) is 11.1 Å². The molecule has 3 aromatic heterocycles. The van der Waals surface area contributed by atoms with E-state index in [0.717, 1.165) is 24.2 Å². The van der Waals surface area contributed by atoms with Gasteiger partial charge in [0.25, 0.3) is 5.91 Å². The monoisotopic (exact) mass is 593 g/mol. The lowest BCUT2D eigenvalue weighted by molar-refractivity contribution is -0.118. The van der Waals surface area contributed by atoms with E-state index in [-0.39, 0.29) is 18.3 Å². The van der Waals surface area contributed by atoms with Gasteiger partial charge in [-0.3, -0.25) is 19.4 Å². The van der Waals surface area contributed by atoms with E-state index in [1.165, 1.54) is 12.3 Å². The molecule has 0 aromatic carbocycles. The van der Waals surface area contributed by atoms with Crippen LogP contribution in [0.5, 0.6) is 0 Å². The van der Waals surface area contributed by atoms with Crippen LogP contribution in [0.2, 0.25) is 0 Å². The Kier molecular flexibility index (Phi) is 10.2. The van der Waals surface area contributed by atoms with E-state index in [2.05, 4.69) is 30.9 Å². The Morgan fingerprint density at radius 2 is 1.98 bits per heavy atom. The van der Waals surface area contributed by atoms with Crippen LogP contribution in [-0.2, 0) is 16.0 Å². The molecule has 4 rings (SSSR count). The summed E-state index contributed by atoms with van der Waals surface area (Å²) >= 11 is 11.8. The van der Waals surface area contributed by atoms with Gasteiger partial charge in [-0.1, -0.05) is 6.92 Å². The molecule has 1 atom stereocenters. The number of anilines is 1. The molecule has 3 aromatic rings. The second-order valence-corrected chi connectivity index (χ2v) is 11.1. The van der Waals surface area contributed by atoms with Gasteiger partial charge in [0.2, 0.25) is 11.9 Å². The summed E-state index contributed by atoms with van der Waals surface area (Å²) in [5.41, 5.74) is 3.50. The smallest absolute Gasteiger partial charge is 0.255 e. The van der Waals surface area contributed by atoms with E-state index >= 15 is 4.39 Å². The molecule has 13 heteroatoms. The summed E-state index contributed by atoms with van der Waals surface area (Å²) in [6.45, 7) is 6.87. The molecule has 4 heterocycles. The fraction of sp³-hybridized carbons (Fsp3) is 0.519. The van der Waals surface area contributed by atoms with Gasteiger partial charge >= 0.3 is 0 Å². The Balaban J connectivity index is 1.49. The van der Waals surface area contributed by atoms with E-state index in [1.54, 1.807) is 6.07 Å². The highest BCUT2D eigenvalue weighted by atomic mass is 35.5. The quantitative estimate of drug-likeness (QED) is 0.211. The first-order valence-electron chi connectivity index (χ1n) is 13.4. The van der Waals surface area contributed by atoms with E-state index in [9.17, 15) is 9.59 Å². The summed E-state index contributed by atoms with van der Waals surface area (Å²) in [5.74, 6) is -1.67. The van der Waals surface area contributed by atoms with Crippen LogP contribution in [-0.4, -0.2) is 60.9 Å². The Bertz CT molecular complexity index is 1340. The first kappa shape index (κ1) is 30.0.